The second kappa shape index (κ2) is 4.98. The minimum atomic E-state index is -0.132. The SMILES string of the molecule is O=C1C2=C(CCCN2Cc2ccccc2)C(=O)c2occc21. The van der Waals surface area contributed by atoms with Crippen molar-refractivity contribution in [2.45, 2.75) is 19.4 Å². The molecule has 2 aromatic rings. The average Bonchev–Trinajstić information content (AvgIpc) is 3.04. The zero-order chi connectivity index (χ0) is 15.1. The highest BCUT2D eigenvalue weighted by Crippen LogP contribution is 2.35. The quantitative estimate of drug-likeness (QED) is 0.853. The average molecular weight is 293 g/mol. The van der Waals surface area contributed by atoms with Crippen molar-refractivity contribution in [3.63, 3.8) is 0 Å². The van der Waals surface area contributed by atoms with E-state index in [9.17, 15) is 9.59 Å². The largest absolute Gasteiger partial charge is 0.460 e. The molecule has 1 aliphatic heterocycles. The van der Waals surface area contributed by atoms with Gasteiger partial charge < -0.3 is 9.32 Å². The number of furan rings is 1. The molecule has 4 rings (SSSR count). The number of Topliss-reactive ketones (excluding diaryl/α,β-unsaturated/α-hetero) is 2. The minimum absolute atomic E-state index is 0.0889. The molecule has 0 amide bonds. The summed E-state index contributed by atoms with van der Waals surface area (Å²) >= 11 is 0. The lowest BCUT2D eigenvalue weighted by molar-refractivity contribution is 0.0906. The topological polar surface area (TPSA) is 50.5 Å². The van der Waals surface area contributed by atoms with Gasteiger partial charge in [0.25, 0.3) is 0 Å². The maximum Gasteiger partial charge on any atom is 0.227 e. The van der Waals surface area contributed by atoms with Crippen molar-refractivity contribution in [2.75, 3.05) is 6.54 Å². The van der Waals surface area contributed by atoms with Gasteiger partial charge in [0.05, 0.1) is 17.5 Å². The van der Waals surface area contributed by atoms with Crippen LogP contribution in [0, 0.1) is 0 Å². The molecule has 1 aliphatic carbocycles. The van der Waals surface area contributed by atoms with Crippen LogP contribution in [-0.2, 0) is 6.54 Å². The number of fused-ring (bicyclic) bond motifs is 1. The van der Waals surface area contributed by atoms with E-state index in [4.69, 9.17) is 4.42 Å². The summed E-state index contributed by atoms with van der Waals surface area (Å²) in [6.45, 7) is 1.44. The molecular formula is C18H15NO3. The molecule has 0 spiro atoms. The van der Waals surface area contributed by atoms with Crippen molar-refractivity contribution >= 4 is 11.6 Å². The standard InChI is InChI=1S/C18H15NO3/c20-16-14-8-10-22-18(14)17(21)13-7-4-9-19(15(13)16)11-12-5-2-1-3-6-12/h1-3,5-6,8,10H,4,7,9,11H2. The number of allylic oxidation sites excluding steroid dienone is 2. The molecule has 4 heteroatoms. The highest BCUT2D eigenvalue weighted by atomic mass is 16.3. The van der Waals surface area contributed by atoms with Crippen LogP contribution in [0.5, 0.6) is 0 Å². The van der Waals surface area contributed by atoms with Gasteiger partial charge in [-0.15, -0.1) is 0 Å². The van der Waals surface area contributed by atoms with Gasteiger partial charge in [-0.3, -0.25) is 9.59 Å². The van der Waals surface area contributed by atoms with Gasteiger partial charge in [-0.1, -0.05) is 30.3 Å². The van der Waals surface area contributed by atoms with Crippen LogP contribution in [0.2, 0.25) is 0 Å². The second-order valence-corrected chi connectivity index (χ2v) is 5.66. The summed E-state index contributed by atoms with van der Waals surface area (Å²) in [4.78, 5) is 27.3. The first-order valence-corrected chi connectivity index (χ1v) is 7.44. The fraction of sp³-hybridized carbons (Fsp3) is 0.222. The molecule has 0 radical (unpaired) electrons. The molecule has 1 aromatic carbocycles. The summed E-state index contributed by atoms with van der Waals surface area (Å²) in [5, 5.41) is 0. The van der Waals surface area contributed by atoms with Crippen molar-refractivity contribution in [3.8, 4) is 0 Å². The van der Waals surface area contributed by atoms with Crippen LogP contribution < -0.4 is 0 Å². The summed E-state index contributed by atoms with van der Waals surface area (Å²) in [6.07, 6.45) is 2.94. The Morgan fingerprint density at radius 1 is 1.05 bits per heavy atom. The monoisotopic (exact) mass is 293 g/mol. The van der Waals surface area contributed by atoms with Crippen molar-refractivity contribution in [1.29, 1.82) is 0 Å². The molecule has 0 saturated carbocycles. The summed E-state index contributed by atoms with van der Waals surface area (Å²) < 4.78 is 5.22. The Bertz CT molecular complexity index is 786. The molecule has 0 unspecified atom stereocenters. The highest BCUT2D eigenvalue weighted by molar-refractivity contribution is 6.25. The molecule has 0 N–H and O–H groups in total. The fourth-order valence-corrected chi connectivity index (χ4v) is 3.26. The number of carbonyl (C=O) groups excluding carboxylic acids is 2. The van der Waals surface area contributed by atoms with E-state index < -0.39 is 0 Å². The number of hydrogen-bond donors (Lipinski definition) is 0. The molecule has 1 aromatic heterocycles. The molecule has 0 saturated heterocycles. The molecule has 22 heavy (non-hydrogen) atoms. The van der Waals surface area contributed by atoms with Crippen molar-refractivity contribution in [1.82, 2.24) is 4.90 Å². The number of carbonyl (C=O) groups is 2. The van der Waals surface area contributed by atoms with E-state index in [0.29, 0.717) is 29.8 Å². The van der Waals surface area contributed by atoms with Crippen molar-refractivity contribution in [2.24, 2.45) is 0 Å². The maximum absolute atomic E-state index is 12.7. The summed E-state index contributed by atoms with van der Waals surface area (Å²) in [5.74, 6) is -0.0216. The third-order valence-electron chi connectivity index (χ3n) is 4.28. The molecule has 110 valence electrons. The van der Waals surface area contributed by atoms with Crippen molar-refractivity contribution < 1.29 is 14.0 Å². The first kappa shape index (κ1) is 13.1. The Hall–Kier alpha value is -2.62. The minimum Gasteiger partial charge on any atom is -0.460 e. The second-order valence-electron chi connectivity index (χ2n) is 5.66. The Labute approximate surface area is 128 Å². The number of nitrogens with zero attached hydrogens (tertiary/aromatic N) is 1. The molecule has 2 aliphatic rings. The van der Waals surface area contributed by atoms with E-state index in [0.717, 1.165) is 18.5 Å². The number of ketones is 2. The lowest BCUT2D eigenvalue weighted by Gasteiger charge is -2.34. The number of rotatable bonds is 2. The van der Waals surface area contributed by atoms with Gasteiger partial charge >= 0.3 is 0 Å². The lowest BCUT2D eigenvalue weighted by Crippen LogP contribution is -2.37. The zero-order valence-corrected chi connectivity index (χ0v) is 12.0. The van der Waals surface area contributed by atoms with Crippen LogP contribution in [0.15, 0.2) is 58.3 Å². The zero-order valence-electron chi connectivity index (χ0n) is 12.0. The van der Waals surface area contributed by atoms with E-state index in [1.807, 2.05) is 35.2 Å². The summed E-state index contributed by atoms with van der Waals surface area (Å²) in [5.41, 5.74) is 2.70. The molecule has 0 bridgehead atoms. The predicted molar refractivity (Wildman–Crippen MR) is 80.5 cm³/mol. The van der Waals surface area contributed by atoms with Crippen LogP contribution in [0.3, 0.4) is 0 Å². The van der Waals surface area contributed by atoms with Gasteiger partial charge in [-0.2, -0.15) is 0 Å². The van der Waals surface area contributed by atoms with E-state index in [2.05, 4.69) is 0 Å². The maximum atomic E-state index is 12.7. The number of benzene rings is 1. The smallest absolute Gasteiger partial charge is 0.227 e. The molecular weight excluding hydrogens is 278 g/mol. The Morgan fingerprint density at radius 2 is 1.86 bits per heavy atom. The molecule has 2 heterocycles. The van der Waals surface area contributed by atoms with Crippen LogP contribution in [0.4, 0.5) is 0 Å². The van der Waals surface area contributed by atoms with E-state index >= 15 is 0 Å². The highest BCUT2D eigenvalue weighted by Gasteiger charge is 2.38. The lowest BCUT2D eigenvalue weighted by atomic mass is 9.86. The summed E-state index contributed by atoms with van der Waals surface area (Å²) in [7, 11) is 0. The van der Waals surface area contributed by atoms with Crippen LogP contribution in [0.25, 0.3) is 0 Å². The van der Waals surface area contributed by atoms with Gasteiger partial charge in [0, 0.05) is 18.7 Å². The predicted octanol–water partition coefficient (Wildman–Crippen LogP) is 3.21. The third kappa shape index (κ3) is 1.91. The third-order valence-corrected chi connectivity index (χ3v) is 4.28. The molecule has 4 nitrogen and oxygen atoms in total. The Morgan fingerprint density at radius 3 is 2.68 bits per heavy atom. The van der Waals surface area contributed by atoms with Crippen molar-refractivity contribution in [3.05, 3.63) is 70.8 Å². The van der Waals surface area contributed by atoms with Crippen LogP contribution >= 0.6 is 0 Å². The van der Waals surface area contributed by atoms with Gasteiger partial charge in [-0.25, -0.2) is 0 Å². The Balaban J connectivity index is 1.75. The van der Waals surface area contributed by atoms with Gasteiger partial charge in [-0.05, 0) is 24.5 Å². The normalized spacial score (nSPS) is 17.5. The van der Waals surface area contributed by atoms with E-state index in [-0.39, 0.29) is 17.3 Å². The first-order chi connectivity index (χ1) is 10.8. The first-order valence-electron chi connectivity index (χ1n) is 7.44. The summed E-state index contributed by atoms with van der Waals surface area (Å²) in [6, 6.07) is 11.6. The Kier molecular flexibility index (Phi) is 2.96. The van der Waals surface area contributed by atoms with Crippen LogP contribution in [0.1, 0.15) is 39.3 Å². The number of hydrogen-bond acceptors (Lipinski definition) is 4. The fourth-order valence-electron chi connectivity index (χ4n) is 3.26. The van der Waals surface area contributed by atoms with E-state index in [1.54, 1.807) is 6.07 Å². The van der Waals surface area contributed by atoms with Gasteiger partial charge in [0.15, 0.2) is 5.76 Å². The molecule has 0 atom stereocenters. The van der Waals surface area contributed by atoms with Gasteiger partial charge in [0.2, 0.25) is 11.6 Å². The van der Waals surface area contributed by atoms with Crippen LogP contribution in [-0.4, -0.2) is 23.0 Å². The van der Waals surface area contributed by atoms with E-state index in [1.165, 1.54) is 6.26 Å². The van der Waals surface area contributed by atoms with Gasteiger partial charge in [0.1, 0.15) is 0 Å². The molecule has 0 fully saturated rings.